The van der Waals surface area contributed by atoms with Crippen molar-refractivity contribution in [3.8, 4) is 5.82 Å². The lowest BCUT2D eigenvalue weighted by molar-refractivity contribution is 0.489. The van der Waals surface area contributed by atoms with Gasteiger partial charge in [-0.3, -0.25) is 0 Å². The third kappa shape index (κ3) is 7.77. The summed E-state index contributed by atoms with van der Waals surface area (Å²) in [7, 11) is 0. The number of aromatic nitrogens is 3. The summed E-state index contributed by atoms with van der Waals surface area (Å²) in [5, 5.41) is 11.3. The van der Waals surface area contributed by atoms with E-state index in [1.807, 2.05) is 30.8 Å². The van der Waals surface area contributed by atoms with Crippen LogP contribution in [0, 0.1) is 19.8 Å². The average molecular weight is 498 g/mol. The molecule has 156 valence electrons. The van der Waals surface area contributed by atoms with E-state index in [9.17, 15) is 0 Å². The number of aryl methyl sites for hydroxylation is 2. The van der Waals surface area contributed by atoms with E-state index >= 15 is 0 Å². The van der Waals surface area contributed by atoms with Crippen LogP contribution < -0.4 is 10.6 Å². The van der Waals surface area contributed by atoms with Crippen LogP contribution in [-0.2, 0) is 6.54 Å². The molecule has 0 aromatic carbocycles. The van der Waals surface area contributed by atoms with E-state index in [1.165, 1.54) is 6.42 Å². The number of nitrogens with one attached hydrogen (secondary N) is 2. The molecule has 2 aromatic heterocycles. The lowest BCUT2D eigenvalue weighted by Gasteiger charge is -2.18. The van der Waals surface area contributed by atoms with E-state index in [2.05, 4.69) is 60.5 Å². The third-order valence-electron chi connectivity index (χ3n) is 4.36. The van der Waals surface area contributed by atoms with E-state index < -0.39 is 0 Å². The molecule has 0 radical (unpaired) electrons. The lowest BCUT2D eigenvalue weighted by atomic mass is 10.0. The normalized spacial score (nSPS) is 12.6. The minimum Gasteiger partial charge on any atom is -0.357 e. The maximum Gasteiger partial charge on any atom is 0.191 e. The number of rotatable bonds is 8. The van der Waals surface area contributed by atoms with E-state index in [0.29, 0.717) is 12.6 Å². The summed E-state index contributed by atoms with van der Waals surface area (Å²) in [5.41, 5.74) is 3.16. The highest BCUT2D eigenvalue weighted by Crippen LogP contribution is 2.11. The summed E-state index contributed by atoms with van der Waals surface area (Å²) in [6, 6.07) is 6.51. The Morgan fingerprint density at radius 1 is 1.18 bits per heavy atom. The zero-order valence-corrected chi connectivity index (χ0v) is 20.3. The molecular weight excluding hydrogens is 463 g/mol. The molecule has 0 saturated heterocycles. The summed E-state index contributed by atoms with van der Waals surface area (Å²) in [4.78, 5) is 9.25. The second-order valence-corrected chi connectivity index (χ2v) is 7.58. The topological polar surface area (TPSA) is 67.1 Å². The molecule has 2 N–H and O–H groups in total. The SMILES string of the molecule is CCNC(=NCc1ccc(-n2nc(C)cc2C)nc1)NC(C)CCC(C)C.I. The zero-order chi connectivity index (χ0) is 19.8. The predicted octanol–water partition coefficient (Wildman–Crippen LogP) is 4.38. The molecule has 2 heterocycles. The van der Waals surface area contributed by atoms with Crippen molar-refractivity contribution in [1.29, 1.82) is 0 Å². The van der Waals surface area contributed by atoms with Crippen LogP contribution in [0.25, 0.3) is 5.82 Å². The van der Waals surface area contributed by atoms with Crippen LogP contribution in [-0.4, -0.2) is 33.3 Å². The van der Waals surface area contributed by atoms with E-state index in [1.54, 1.807) is 0 Å². The molecule has 2 aromatic rings. The van der Waals surface area contributed by atoms with Gasteiger partial charge >= 0.3 is 0 Å². The van der Waals surface area contributed by atoms with Crippen molar-refractivity contribution in [2.75, 3.05) is 6.54 Å². The lowest BCUT2D eigenvalue weighted by Crippen LogP contribution is -2.42. The third-order valence-corrected chi connectivity index (χ3v) is 4.36. The molecule has 0 spiro atoms. The van der Waals surface area contributed by atoms with Gasteiger partial charge in [0, 0.05) is 24.5 Å². The minimum atomic E-state index is 0. The first-order valence-electron chi connectivity index (χ1n) is 9.92. The maximum atomic E-state index is 4.71. The zero-order valence-electron chi connectivity index (χ0n) is 18.0. The standard InChI is InChI=1S/C21H34N6.HI/c1-7-22-21(25-16(4)9-8-15(2)3)24-14-19-10-11-20(23-13-19)27-18(6)12-17(5)26-27;/h10-13,15-16H,7-9,14H2,1-6H3,(H2,22,24,25);1H. The number of guanidine groups is 1. The van der Waals surface area contributed by atoms with Crippen molar-refractivity contribution >= 4 is 29.9 Å². The predicted molar refractivity (Wildman–Crippen MR) is 128 cm³/mol. The molecule has 0 aliphatic heterocycles. The van der Waals surface area contributed by atoms with Crippen molar-refractivity contribution in [3.05, 3.63) is 41.3 Å². The van der Waals surface area contributed by atoms with Gasteiger partial charge in [-0.25, -0.2) is 14.7 Å². The van der Waals surface area contributed by atoms with Crippen LogP contribution in [0.5, 0.6) is 0 Å². The second-order valence-electron chi connectivity index (χ2n) is 7.58. The Morgan fingerprint density at radius 2 is 1.93 bits per heavy atom. The van der Waals surface area contributed by atoms with Gasteiger partial charge in [-0.1, -0.05) is 19.9 Å². The molecular formula is C21H35IN6. The Morgan fingerprint density at radius 3 is 2.46 bits per heavy atom. The number of hydrogen-bond acceptors (Lipinski definition) is 3. The summed E-state index contributed by atoms with van der Waals surface area (Å²) >= 11 is 0. The van der Waals surface area contributed by atoms with Gasteiger partial charge in [0.25, 0.3) is 0 Å². The van der Waals surface area contributed by atoms with Crippen molar-refractivity contribution in [2.24, 2.45) is 10.9 Å². The number of aliphatic imine (C=N–C) groups is 1. The van der Waals surface area contributed by atoms with Gasteiger partial charge in [-0.15, -0.1) is 24.0 Å². The van der Waals surface area contributed by atoms with Gasteiger partial charge in [0.2, 0.25) is 0 Å². The van der Waals surface area contributed by atoms with Crippen LogP contribution in [0.3, 0.4) is 0 Å². The fraction of sp³-hybridized carbons (Fsp3) is 0.571. The molecule has 7 heteroatoms. The largest absolute Gasteiger partial charge is 0.357 e. The number of halogens is 1. The molecule has 2 rings (SSSR count). The van der Waals surface area contributed by atoms with Gasteiger partial charge < -0.3 is 10.6 Å². The molecule has 0 aliphatic carbocycles. The minimum absolute atomic E-state index is 0. The summed E-state index contributed by atoms with van der Waals surface area (Å²) < 4.78 is 1.87. The number of nitrogens with zero attached hydrogens (tertiary/aromatic N) is 4. The molecule has 0 aliphatic rings. The van der Waals surface area contributed by atoms with E-state index in [-0.39, 0.29) is 24.0 Å². The maximum absolute atomic E-state index is 4.71. The van der Waals surface area contributed by atoms with Gasteiger partial charge in [0.05, 0.1) is 12.2 Å². The van der Waals surface area contributed by atoms with Gasteiger partial charge in [-0.2, -0.15) is 5.10 Å². The van der Waals surface area contributed by atoms with E-state index in [0.717, 1.165) is 47.6 Å². The van der Waals surface area contributed by atoms with Crippen molar-refractivity contribution in [2.45, 2.75) is 67.0 Å². The second kappa shape index (κ2) is 12.0. The highest BCUT2D eigenvalue weighted by Gasteiger charge is 2.07. The quantitative estimate of drug-likeness (QED) is 0.322. The molecule has 0 saturated carbocycles. The molecule has 6 nitrogen and oxygen atoms in total. The highest BCUT2D eigenvalue weighted by molar-refractivity contribution is 14.0. The van der Waals surface area contributed by atoms with Crippen LogP contribution in [0.2, 0.25) is 0 Å². The van der Waals surface area contributed by atoms with Gasteiger partial charge in [0.1, 0.15) is 0 Å². The molecule has 0 amide bonds. The van der Waals surface area contributed by atoms with Gasteiger partial charge in [0.15, 0.2) is 11.8 Å². The summed E-state index contributed by atoms with van der Waals surface area (Å²) in [6.45, 7) is 14.3. The first-order chi connectivity index (χ1) is 12.9. The average Bonchev–Trinajstić information content (AvgIpc) is 2.97. The fourth-order valence-electron chi connectivity index (χ4n) is 2.88. The van der Waals surface area contributed by atoms with E-state index in [4.69, 9.17) is 4.99 Å². The Labute approximate surface area is 186 Å². The molecule has 0 fully saturated rings. The fourth-order valence-corrected chi connectivity index (χ4v) is 2.88. The first-order valence-corrected chi connectivity index (χ1v) is 9.92. The molecule has 28 heavy (non-hydrogen) atoms. The van der Waals surface area contributed by atoms with Crippen molar-refractivity contribution in [3.63, 3.8) is 0 Å². The Hall–Kier alpha value is -1.64. The number of pyridine rings is 1. The Bertz CT molecular complexity index is 736. The van der Waals surface area contributed by atoms with Crippen molar-refractivity contribution in [1.82, 2.24) is 25.4 Å². The smallest absolute Gasteiger partial charge is 0.191 e. The molecule has 1 unspecified atom stereocenters. The number of hydrogen-bond donors (Lipinski definition) is 2. The monoisotopic (exact) mass is 498 g/mol. The Balaban J connectivity index is 0.00000392. The van der Waals surface area contributed by atoms with Crippen molar-refractivity contribution < 1.29 is 0 Å². The van der Waals surface area contributed by atoms with Crippen LogP contribution in [0.1, 0.15) is 57.5 Å². The summed E-state index contributed by atoms with van der Waals surface area (Å²) in [6.07, 6.45) is 4.23. The first kappa shape index (κ1) is 24.4. The molecule has 1 atom stereocenters. The Kier molecular flexibility index (Phi) is 10.5. The van der Waals surface area contributed by atoms with Gasteiger partial charge in [-0.05, 0) is 64.2 Å². The summed E-state index contributed by atoms with van der Waals surface area (Å²) in [5.74, 6) is 2.41. The molecule has 0 bridgehead atoms. The van der Waals surface area contributed by atoms with Crippen LogP contribution in [0.15, 0.2) is 29.4 Å². The van der Waals surface area contributed by atoms with Crippen LogP contribution >= 0.6 is 24.0 Å². The van der Waals surface area contributed by atoms with Crippen LogP contribution in [0.4, 0.5) is 0 Å². The highest BCUT2D eigenvalue weighted by atomic mass is 127.